The molecule has 1 aromatic rings. The molecule has 0 saturated heterocycles. The Morgan fingerprint density at radius 3 is 2.48 bits per heavy atom. The van der Waals surface area contributed by atoms with E-state index in [2.05, 4.69) is 5.32 Å². The number of ether oxygens (including phenoxy) is 1. The van der Waals surface area contributed by atoms with Gasteiger partial charge in [0.2, 0.25) is 0 Å². The molecule has 8 heteroatoms. The van der Waals surface area contributed by atoms with E-state index in [-0.39, 0.29) is 6.61 Å². The normalized spacial score (nSPS) is 12.5. The van der Waals surface area contributed by atoms with Gasteiger partial charge in [0.15, 0.2) is 0 Å². The van der Waals surface area contributed by atoms with Crippen molar-refractivity contribution >= 4 is 22.0 Å². The Morgan fingerprint density at radius 1 is 1.26 bits per heavy atom. The molecule has 0 aromatic heterocycles. The highest BCUT2D eigenvalue weighted by molar-refractivity contribution is 7.85. The second-order valence-corrected chi connectivity index (χ2v) is 6.43. The molecule has 0 heterocycles. The summed E-state index contributed by atoms with van der Waals surface area (Å²) in [4.78, 5) is 24.1. The van der Waals surface area contributed by atoms with Crippen LogP contribution < -0.4 is 5.32 Å². The summed E-state index contributed by atoms with van der Waals surface area (Å²) in [5.74, 6) is -2.43. The zero-order valence-electron chi connectivity index (χ0n) is 13.1. The van der Waals surface area contributed by atoms with E-state index in [1.165, 1.54) is 0 Å². The molecule has 128 valence electrons. The number of carbonyl (C=O) groups excluding carboxylic acids is 2. The maximum Gasteiger partial charge on any atom is 0.329 e. The molecule has 0 spiro atoms. The molecule has 0 saturated carbocycles. The molecule has 1 rings (SSSR count). The average molecular weight is 343 g/mol. The van der Waals surface area contributed by atoms with Crippen LogP contribution in [0.15, 0.2) is 24.3 Å². The lowest BCUT2D eigenvalue weighted by molar-refractivity contribution is -0.144. The summed E-state index contributed by atoms with van der Waals surface area (Å²) in [5, 5.41) is 2.32. The molecule has 0 unspecified atom stereocenters. The third-order valence-corrected chi connectivity index (χ3v) is 3.79. The summed E-state index contributed by atoms with van der Waals surface area (Å²) in [6.07, 6.45) is 1.50. The van der Waals surface area contributed by atoms with Gasteiger partial charge in [-0.25, -0.2) is 4.79 Å². The van der Waals surface area contributed by atoms with Gasteiger partial charge in [-0.05, 0) is 25.0 Å². The van der Waals surface area contributed by atoms with Crippen molar-refractivity contribution in [2.75, 3.05) is 12.4 Å². The Bertz CT molecular complexity index is 656. The number of hydrogen-bond acceptors (Lipinski definition) is 5. The fourth-order valence-corrected chi connectivity index (χ4v) is 2.73. The van der Waals surface area contributed by atoms with Crippen molar-refractivity contribution in [1.29, 1.82) is 0 Å². The van der Waals surface area contributed by atoms with Crippen LogP contribution in [0, 0.1) is 0 Å². The van der Waals surface area contributed by atoms with E-state index >= 15 is 0 Å². The molecule has 0 radical (unpaired) electrons. The number of nitrogens with one attached hydrogen (secondary N) is 1. The van der Waals surface area contributed by atoms with Crippen LogP contribution in [-0.4, -0.2) is 43.2 Å². The van der Waals surface area contributed by atoms with Gasteiger partial charge in [-0.1, -0.05) is 31.5 Å². The van der Waals surface area contributed by atoms with Crippen LogP contribution in [0.3, 0.4) is 0 Å². The van der Waals surface area contributed by atoms with E-state index in [0.717, 1.165) is 12.0 Å². The van der Waals surface area contributed by atoms with Gasteiger partial charge in [0.25, 0.3) is 16.0 Å². The first-order valence-electron chi connectivity index (χ1n) is 7.29. The summed E-state index contributed by atoms with van der Waals surface area (Å²) < 4.78 is 35.7. The number of amides is 1. The molecule has 0 fully saturated rings. The van der Waals surface area contributed by atoms with E-state index < -0.39 is 33.8 Å². The van der Waals surface area contributed by atoms with E-state index in [1.807, 2.05) is 6.92 Å². The topological polar surface area (TPSA) is 110 Å². The van der Waals surface area contributed by atoms with Gasteiger partial charge in [0.05, 0.1) is 6.61 Å². The highest BCUT2D eigenvalue weighted by Crippen LogP contribution is 2.11. The molecule has 0 bridgehead atoms. The lowest BCUT2D eigenvalue weighted by atomic mass is 10.0. The second-order valence-electron chi connectivity index (χ2n) is 4.93. The standard InChI is InChI=1S/C15H21NO6S/c1-3-7-11-8-5-6-9-12(11)14(17)16-13(10-23(19,20)21)15(18)22-4-2/h5-6,8-9,13H,3-4,7,10H2,1-2H3,(H,16,17)(H,19,20,21)/t13-/m0/s1. The van der Waals surface area contributed by atoms with E-state index in [1.54, 1.807) is 31.2 Å². The zero-order chi connectivity index (χ0) is 17.5. The van der Waals surface area contributed by atoms with E-state index in [9.17, 15) is 18.0 Å². The summed E-state index contributed by atoms with van der Waals surface area (Å²) >= 11 is 0. The molecule has 0 aliphatic heterocycles. The Morgan fingerprint density at radius 2 is 1.91 bits per heavy atom. The van der Waals surface area contributed by atoms with E-state index in [0.29, 0.717) is 12.0 Å². The predicted octanol–water partition coefficient (Wildman–Crippen LogP) is 1.19. The third-order valence-electron chi connectivity index (χ3n) is 3.04. The first-order chi connectivity index (χ1) is 10.8. The molecule has 7 nitrogen and oxygen atoms in total. The Balaban J connectivity index is 2.99. The minimum Gasteiger partial charge on any atom is -0.464 e. The quantitative estimate of drug-likeness (QED) is 0.542. The van der Waals surface area contributed by atoms with Crippen LogP contribution in [0.4, 0.5) is 0 Å². The molecule has 0 aliphatic carbocycles. The minimum atomic E-state index is -4.45. The number of rotatable bonds is 8. The van der Waals surface area contributed by atoms with Gasteiger partial charge in [0, 0.05) is 5.56 Å². The summed E-state index contributed by atoms with van der Waals surface area (Å²) in [5.41, 5.74) is 1.15. The molecule has 0 aliphatic rings. The molecule has 1 aromatic carbocycles. The van der Waals surface area contributed by atoms with Crippen molar-refractivity contribution in [1.82, 2.24) is 5.32 Å². The van der Waals surface area contributed by atoms with Crippen molar-refractivity contribution < 1.29 is 27.3 Å². The number of benzene rings is 1. The fourth-order valence-electron chi connectivity index (χ4n) is 2.09. The smallest absolute Gasteiger partial charge is 0.329 e. The second kappa shape index (κ2) is 8.64. The largest absolute Gasteiger partial charge is 0.464 e. The van der Waals surface area contributed by atoms with E-state index in [4.69, 9.17) is 9.29 Å². The number of aryl methyl sites for hydroxylation is 1. The number of esters is 1. The lowest BCUT2D eigenvalue weighted by Crippen LogP contribution is -2.46. The summed E-state index contributed by atoms with van der Waals surface area (Å²) in [6.45, 7) is 3.55. The van der Waals surface area contributed by atoms with Crippen LogP contribution in [0.5, 0.6) is 0 Å². The minimum absolute atomic E-state index is 0.0309. The predicted molar refractivity (Wildman–Crippen MR) is 84.7 cm³/mol. The SMILES string of the molecule is CCCc1ccccc1C(=O)N[C@@H](CS(=O)(=O)O)C(=O)OCC. The Kier molecular flexibility index (Phi) is 7.18. The first-order valence-corrected chi connectivity index (χ1v) is 8.90. The lowest BCUT2D eigenvalue weighted by Gasteiger charge is -2.17. The van der Waals surface area contributed by atoms with Crippen molar-refractivity contribution in [3.05, 3.63) is 35.4 Å². The monoisotopic (exact) mass is 343 g/mol. The van der Waals surface area contributed by atoms with Gasteiger partial charge in [0.1, 0.15) is 11.8 Å². The maximum atomic E-state index is 12.3. The highest BCUT2D eigenvalue weighted by atomic mass is 32.2. The maximum absolute atomic E-state index is 12.3. The van der Waals surface area contributed by atoms with Gasteiger partial charge < -0.3 is 10.1 Å². The van der Waals surface area contributed by atoms with Crippen molar-refractivity contribution in [3.8, 4) is 0 Å². The highest BCUT2D eigenvalue weighted by Gasteiger charge is 2.28. The zero-order valence-corrected chi connectivity index (χ0v) is 13.9. The third kappa shape index (κ3) is 6.37. The van der Waals surface area contributed by atoms with Crippen molar-refractivity contribution in [2.45, 2.75) is 32.7 Å². The first kappa shape index (κ1) is 19.1. The summed E-state index contributed by atoms with van der Waals surface area (Å²) in [7, 11) is -4.45. The molecule has 23 heavy (non-hydrogen) atoms. The molecular weight excluding hydrogens is 322 g/mol. The van der Waals surface area contributed by atoms with Gasteiger partial charge in [-0.15, -0.1) is 0 Å². The molecule has 2 N–H and O–H groups in total. The fraction of sp³-hybridized carbons (Fsp3) is 0.467. The van der Waals surface area contributed by atoms with Gasteiger partial charge in [-0.2, -0.15) is 8.42 Å². The van der Waals surface area contributed by atoms with Crippen molar-refractivity contribution in [2.24, 2.45) is 0 Å². The van der Waals surface area contributed by atoms with Crippen LogP contribution in [-0.2, 0) is 26.1 Å². The molecule has 1 atom stereocenters. The van der Waals surface area contributed by atoms with Crippen LogP contribution >= 0.6 is 0 Å². The van der Waals surface area contributed by atoms with Crippen LogP contribution in [0.2, 0.25) is 0 Å². The Hall–Kier alpha value is -1.93. The summed E-state index contributed by atoms with van der Waals surface area (Å²) in [6, 6.07) is 5.39. The van der Waals surface area contributed by atoms with Crippen LogP contribution in [0.25, 0.3) is 0 Å². The van der Waals surface area contributed by atoms with Gasteiger partial charge in [-0.3, -0.25) is 9.35 Å². The number of carbonyl (C=O) groups is 2. The molecular formula is C15H21NO6S. The molecule has 1 amide bonds. The number of hydrogen-bond donors (Lipinski definition) is 2. The van der Waals surface area contributed by atoms with Crippen molar-refractivity contribution in [3.63, 3.8) is 0 Å². The Labute approximate surface area is 135 Å². The van der Waals surface area contributed by atoms with Gasteiger partial charge >= 0.3 is 5.97 Å². The average Bonchev–Trinajstić information content (AvgIpc) is 2.46. The van der Waals surface area contributed by atoms with Crippen LogP contribution in [0.1, 0.15) is 36.2 Å².